The lowest BCUT2D eigenvalue weighted by atomic mass is 10.2. The second-order valence-electron chi connectivity index (χ2n) is 3.50. The van der Waals surface area contributed by atoms with Crippen molar-refractivity contribution in [2.24, 2.45) is 0 Å². The number of ether oxygens (including phenoxy) is 1. The Hall–Kier alpha value is -1.24. The van der Waals surface area contributed by atoms with Gasteiger partial charge in [-0.2, -0.15) is 0 Å². The molecule has 90 valence electrons. The molecule has 0 atom stereocenters. The average molecular weight is 346 g/mol. The molecular formula is C12H11IO4. The van der Waals surface area contributed by atoms with Gasteiger partial charge in [0.1, 0.15) is 5.58 Å². The first-order valence-corrected chi connectivity index (χ1v) is 6.69. The number of phenols is 1. The Morgan fingerprint density at radius 2 is 2.18 bits per heavy atom. The summed E-state index contributed by atoms with van der Waals surface area (Å²) in [6, 6.07) is 5.99. The number of halogens is 1. The highest BCUT2D eigenvalue weighted by molar-refractivity contribution is 14.1. The van der Waals surface area contributed by atoms with Crippen LogP contribution in [0, 0.1) is 0 Å². The minimum Gasteiger partial charge on any atom is -0.504 e. The Bertz CT molecular complexity index is 576. The van der Waals surface area contributed by atoms with Gasteiger partial charge in [0.05, 0.1) is 6.61 Å². The van der Waals surface area contributed by atoms with Crippen molar-refractivity contribution >= 4 is 33.6 Å². The Kier molecular flexibility index (Phi) is 3.88. The summed E-state index contributed by atoms with van der Waals surface area (Å²) in [5, 5.41) is 10.4. The molecule has 0 bridgehead atoms. The zero-order valence-corrected chi connectivity index (χ0v) is 11.1. The van der Waals surface area contributed by atoms with Gasteiger partial charge in [0.15, 0.2) is 11.5 Å². The van der Waals surface area contributed by atoms with Gasteiger partial charge >= 0.3 is 5.63 Å². The van der Waals surface area contributed by atoms with Gasteiger partial charge < -0.3 is 14.3 Å². The molecule has 0 spiro atoms. The Labute approximate surface area is 111 Å². The minimum atomic E-state index is -0.415. The number of fused-ring (bicyclic) bond motifs is 1. The fourth-order valence-electron chi connectivity index (χ4n) is 1.44. The third-order valence-electron chi connectivity index (χ3n) is 2.24. The topological polar surface area (TPSA) is 59.7 Å². The molecule has 2 rings (SSSR count). The van der Waals surface area contributed by atoms with Crippen LogP contribution in [0.25, 0.3) is 11.0 Å². The molecule has 0 unspecified atom stereocenters. The highest BCUT2D eigenvalue weighted by Crippen LogP contribution is 2.30. The number of benzene rings is 1. The fraction of sp³-hybridized carbons (Fsp3) is 0.250. The first-order valence-electron chi connectivity index (χ1n) is 5.16. The molecule has 5 heteroatoms. The van der Waals surface area contributed by atoms with E-state index in [-0.39, 0.29) is 5.75 Å². The smallest absolute Gasteiger partial charge is 0.336 e. The van der Waals surface area contributed by atoms with Crippen LogP contribution in [0.4, 0.5) is 0 Å². The van der Waals surface area contributed by atoms with Gasteiger partial charge in [-0.05, 0) is 18.6 Å². The van der Waals surface area contributed by atoms with Crippen LogP contribution >= 0.6 is 22.6 Å². The summed E-state index contributed by atoms with van der Waals surface area (Å²) in [5.41, 5.74) is 0.00109. The molecule has 17 heavy (non-hydrogen) atoms. The van der Waals surface area contributed by atoms with Crippen molar-refractivity contribution in [2.45, 2.75) is 6.42 Å². The molecule has 0 fully saturated rings. The first-order chi connectivity index (χ1) is 8.20. The Morgan fingerprint density at radius 1 is 1.35 bits per heavy atom. The van der Waals surface area contributed by atoms with Gasteiger partial charge in [-0.25, -0.2) is 4.79 Å². The largest absolute Gasteiger partial charge is 0.504 e. The molecule has 1 aromatic heterocycles. The maximum atomic E-state index is 11.1. The van der Waals surface area contributed by atoms with Crippen molar-refractivity contribution in [2.75, 3.05) is 11.0 Å². The number of hydrogen-bond acceptors (Lipinski definition) is 4. The molecule has 0 saturated carbocycles. The lowest BCUT2D eigenvalue weighted by Crippen LogP contribution is -1.99. The fourth-order valence-corrected chi connectivity index (χ4v) is 1.75. The van der Waals surface area contributed by atoms with E-state index >= 15 is 0 Å². The van der Waals surface area contributed by atoms with Gasteiger partial charge in [0.2, 0.25) is 0 Å². The summed E-state index contributed by atoms with van der Waals surface area (Å²) >= 11 is 2.26. The van der Waals surface area contributed by atoms with E-state index in [1.807, 2.05) is 0 Å². The lowest BCUT2D eigenvalue weighted by Gasteiger charge is -2.07. The van der Waals surface area contributed by atoms with E-state index in [1.165, 1.54) is 12.1 Å². The van der Waals surface area contributed by atoms with Crippen LogP contribution in [0.3, 0.4) is 0 Å². The van der Waals surface area contributed by atoms with Crippen LogP contribution in [0.1, 0.15) is 6.42 Å². The zero-order valence-electron chi connectivity index (χ0n) is 8.98. The van der Waals surface area contributed by atoms with Crippen LogP contribution in [0.15, 0.2) is 33.5 Å². The lowest BCUT2D eigenvalue weighted by molar-refractivity contribution is 0.301. The van der Waals surface area contributed by atoms with E-state index < -0.39 is 5.63 Å². The quantitative estimate of drug-likeness (QED) is 0.400. The van der Waals surface area contributed by atoms with Crippen molar-refractivity contribution in [3.05, 3.63) is 34.7 Å². The van der Waals surface area contributed by atoms with Crippen LogP contribution in [0.5, 0.6) is 11.5 Å². The summed E-state index contributed by atoms with van der Waals surface area (Å²) in [6.45, 7) is 0.527. The van der Waals surface area contributed by atoms with Gasteiger partial charge in [-0.15, -0.1) is 0 Å². The number of aromatic hydroxyl groups is 1. The zero-order chi connectivity index (χ0) is 12.3. The summed E-state index contributed by atoms with van der Waals surface area (Å²) in [6.07, 6.45) is 0.900. The van der Waals surface area contributed by atoms with Crippen molar-refractivity contribution in [3.63, 3.8) is 0 Å². The van der Waals surface area contributed by atoms with Crippen LogP contribution < -0.4 is 10.4 Å². The summed E-state index contributed by atoms with van der Waals surface area (Å²) in [4.78, 5) is 11.1. The van der Waals surface area contributed by atoms with E-state index in [1.54, 1.807) is 12.1 Å². The summed E-state index contributed by atoms with van der Waals surface area (Å²) in [5.74, 6) is 0.400. The SMILES string of the molecule is O=c1ccc2cc(O)c(OCCCI)cc2o1. The predicted octanol–water partition coefficient (Wildman–Crippen LogP) is 2.70. The van der Waals surface area contributed by atoms with E-state index in [9.17, 15) is 9.90 Å². The molecule has 0 saturated heterocycles. The van der Waals surface area contributed by atoms with Crippen LogP contribution in [-0.2, 0) is 0 Å². The Balaban J connectivity index is 2.36. The van der Waals surface area contributed by atoms with Gasteiger partial charge in [0, 0.05) is 21.9 Å². The van der Waals surface area contributed by atoms with Crippen molar-refractivity contribution in [3.8, 4) is 11.5 Å². The van der Waals surface area contributed by atoms with Crippen LogP contribution in [-0.4, -0.2) is 16.1 Å². The molecule has 0 radical (unpaired) electrons. The highest BCUT2D eigenvalue weighted by atomic mass is 127. The molecule has 2 aromatic rings. The number of hydrogen-bond donors (Lipinski definition) is 1. The standard InChI is InChI=1S/C12H11IO4/c13-4-1-5-16-11-7-10-8(6-9(11)14)2-3-12(15)17-10/h2-3,6-7,14H,1,4-5H2. The van der Waals surface area contributed by atoms with Crippen molar-refractivity contribution in [1.82, 2.24) is 0 Å². The molecule has 1 aromatic carbocycles. The third kappa shape index (κ3) is 2.91. The maximum Gasteiger partial charge on any atom is 0.336 e. The third-order valence-corrected chi connectivity index (χ3v) is 3.00. The first kappa shape index (κ1) is 12.2. The van der Waals surface area contributed by atoms with E-state index in [0.29, 0.717) is 23.3 Å². The maximum absolute atomic E-state index is 11.1. The van der Waals surface area contributed by atoms with Gasteiger partial charge in [0.25, 0.3) is 0 Å². The number of alkyl halides is 1. The molecular weight excluding hydrogens is 335 g/mol. The van der Waals surface area contributed by atoms with Gasteiger partial charge in [-0.3, -0.25) is 0 Å². The predicted molar refractivity (Wildman–Crippen MR) is 73.1 cm³/mol. The molecule has 0 amide bonds. The van der Waals surface area contributed by atoms with E-state index in [2.05, 4.69) is 22.6 Å². The van der Waals surface area contributed by atoms with Crippen molar-refractivity contribution < 1.29 is 14.3 Å². The summed E-state index contributed by atoms with van der Waals surface area (Å²) in [7, 11) is 0. The molecule has 0 aliphatic rings. The molecule has 1 N–H and O–H groups in total. The monoisotopic (exact) mass is 346 g/mol. The van der Waals surface area contributed by atoms with E-state index in [0.717, 1.165) is 10.8 Å². The van der Waals surface area contributed by atoms with Gasteiger partial charge in [-0.1, -0.05) is 22.6 Å². The number of rotatable bonds is 4. The summed E-state index contributed by atoms with van der Waals surface area (Å²) < 4.78 is 11.4. The normalized spacial score (nSPS) is 10.6. The molecule has 1 heterocycles. The minimum absolute atomic E-state index is 0.0554. The van der Waals surface area contributed by atoms with Crippen LogP contribution in [0.2, 0.25) is 0 Å². The van der Waals surface area contributed by atoms with Crippen molar-refractivity contribution in [1.29, 1.82) is 0 Å². The molecule has 4 nitrogen and oxygen atoms in total. The van der Waals surface area contributed by atoms with E-state index in [4.69, 9.17) is 9.15 Å². The highest BCUT2D eigenvalue weighted by Gasteiger charge is 2.06. The molecule has 0 aliphatic carbocycles. The number of phenolic OH excluding ortho intramolecular Hbond substituents is 1. The second-order valence-corrected chi connectivity index (χ2v) is 4.58. The average Bonchev–Trinajstić information content (AvgIpc) is 2.31. The second kappa shape index (κ2) is 5.39. The Morgan fingerprint density at radius 3 is 2.94 bits per heavy atom. The molecule has 0 aliphatic heterocycles.